The van der Waals surface area contributed by atoms with Gasteiger partial charge >= 0.3 is 0 Å². The maximum Gasteiger partial charge on any atom is 0.0337 e. The molecule has 0 spiro atoms. The van der Waals surface area contributed by atoms with Crippen LogP contribution in [0.1, 0.15) is 26.3 Å². The summed E-state index contributed by atoms with van der Waals surface area (Å²) in [7, 11) is 1.92. The fourth-order valence-electron chi connectivity index (χ4n) is 1.50. The van der Waals surface area contributed by atoms with Gasteiger partial charge in [0.1, 0.15) is 0 Å². The quantitative estimate of drug-likeness (QED) is 0.719. The minimum Gasteiger partial charge on any atom is -0.388 e. The molecular weight excluding hydrogens is 218 g/mol. The number of nitrogens with one attached hydrogen (secondary N) is 1. The van der Waals surface area contributed by atoms with Crippen molar-refractivity contribution in [2.24, 2.45) is 0 Å². The SMILES string of the molecule is C=C/C=C(/Cc1ccc(NC)cc1)C(=C)C.CC. The molecule has 1 nitrogen and oxygen atoms in total. The molecule has 0 aromatic heterocycles. The Morgan fingerprint density at radius 1 is 1.22 bits per heavy atom. The van der Waals surface area contributed by atoms with Crippen molar-refractivity contribution >= 4 is 5.69 Å². The first-order valence-corrected chi connectivity index (χ1v) is 6.41. The van der Waals surface area contributed by atoms with E-state index in [4.69, 9.17) is 0 Å². The van der Waals surface area contributed by atoms with E-state index in [-0.39, 0.29) is 0 Å². The lowest BCUT2D eigenvalue weighted by Gasteiger charge is -2.07. The van der Waals surface area contributed by atoms with Gasteiger partial charge in [0.2, 0.25) is 0 Å². The summed E-state index contributed by atoms with van der Waals surface area (Å²) in [5.74, 6) is 0. The molecule has 98 valence electrons. The molecule has 1 aromatic carbocycles. The smallest absolute Gasteiger partial charge is 0.0337 e. The molecule has 1 N–H and O–H groups in total. The lowest BCUT2D eigenvalue weighted by Crippen LogP contribution is -1.93. The van der Waals surface area contributed by atoms with Crippen LogP contribution in [0.5, 0.6) is 0 Å². The Hall–Kier alpha value is -1.76. The average Bonchev–Trinajstić information content (AvgIpc) is 2.41. The summed E-state index contributed by atoms with van der Waals surface area (Å²) in [6.45, 7) is 13.7. The van der Waals surface area contributed by atoms with Gasteiger partial charge in [-0.3, -0.25) is 0 Å². The highest BCUT2D eigenvalue weighted by Gasteiger charge is 2.00. The van der Waals surface area contributed by atoms with Crippen molar-refractivity contribution in [1.29, 1.82) is 0 Å². The fraction of sp³-hybridized carbons (Fsp3) is 0.294. The van der Waals surface area contributed by atoms with E-state index in [0.29, 0.717) is 0 Å². The first-order chi connectivity index (χ1) is 8.67. The van der Waals surface area contributed by atoms with Crippen LogP contribution in [-0.2, 0) is 6.42 Å². The highest BCUT2D eigenvalue weighted by molar-refractivity contribution is 5.45. The summed E-state index contributed by atoms with van der Waals surface area (Å²) >= 11 is 0. The molecule has 0 aliphatic rings. The minimum absolute atomic E-state index is 0.908. The Bertz CT molecular complexity index is 396. The van der Waals surface area contributed by atoms with Gasteiger partial charge in [0.15, 0.2) is 0 Å². The van der Waals surface area contributed by atoms with Crippen LogP contribution >= 0.6 is 0 Å². The van der Waals surface area contributed by atoms with Gasteiger partial charge in [-0.05, 0) is 36.6 Å². The number of benzene rings is 1. The van der Waals surface area contributed by atoms with Gasteiger partial charge in [-0.2, -0.15) is 0 Å². The third kappa shape index (κ3) is 5.53. The van der Waals surface area contributed by atoms with Crippen LogP contribution in [0.2, 0.25) is 0 Å². The molecule has 0 bridgehead atoms. The summed E-state index contributed by atoms with van der Waals surface area (Å²) in [5, 5.41) is 3.11. The first kappa shape index (κ1) is 16.2. The summed E-state index contributed by atoms with van der Waals surface area (Å²) in [5.41, 5.74) is 4.74. The van der Waals surface area contributed by atoms with Crippen molar-refractivity contribution in [2.75, 3.05) is 12.4 Å². The van der Waals surface area contributed by atoms with Crippen LogP contribution in [-0.4, -0.2) is 7.05 Å². The van der Waals surface area contributed by atoms with Gasteiger partial charge in [0.25, 0.3) is 0 Å². The molecule has 1 rings (SSSR count). The number of anilines is 1. The molecule has 1 aromatic rings. The molecule has 0 aliphatic heterocycles. The second-order valence-corrected chi connectivity index (χ2v) is 3.83. The van der Waals surface area contributed by atoms with Crippen LogP contribution in [0.3, 0.4) is 0 Å². The molecule has 0 amide bonds. The lowest BCUT2D eigenvalue weighted by atomic mass is 9.99. The van der Waals surface area contributed by atoms with Gasteiger partial charge < -0.3 is 5.32 Å². The Kier molecular flexibility index (Phi) is 8.38. The molecule has 0 saturated heterocycles. The van der Waals surface area contributed by atoms with E-state index < -0.39 is 0 Å². The van der Waals surface area contributed by atoms with E-state index >= 15 is 0 Å². The Morgan fingerprint density at radius 3 is 2.17 bits per heavy atom. The van der Waals surface area contributed by atoms with Crippen LogP contribution in [0.25, 0.3) is 0 Å². The number of rotatable bonds is 5. The molecule has 1 heteroatoms. The normalized spacial score (nSPS) is 10.1. The zero-order chi connectivity index (χ0) is 14.0. The second-order valence-electron chi connectivity index (χ2n) is 3.83. The predicted octanol–water partition coefficient (Wildman–Crippen LogP) is 4.99. The van der Waals surface area contributed by atoms with Gasteiger partial charge in [-0.25, -0.2) is 0 Å². The number of hydrogen-bond donors (Lipinski definition) is 1. The van der Waals surface area contributed by atoms with Crippen LogP contribution in [0.15, 0.2) is 60.7 Å². The average molecular weight is 243 g/mol. The topological polar surface area (TPSA) is 12.0 Å². The molecule has 0 atom stereocenters. The monoisotopic (exact) mass is 243 g/mol. The van der Waals surface area contributed by atoms with Crippen molar-refractivity contribution in [1.82, 2.24) is 0 Å². The van der Waals surface area contributed by atoms with Crippen LogP contribution in [0, 0.1) is 0 Å². The van der Waals surface area contributed by atoms with E-state index in [1.807, 2.05) is 40.0 Å². The number of allylic oxidation sites excluding steroid dienone is 4. The highest BCUT2D eigenvalue weighted by Crippen LogP contribution is 2.16. The first-order valence-electron chi connectivity index (χ1n) is 6.41. The zero-order valence-corrected chi connectivity index (χ0v) is 12.1. The van der Waals surface area contributed by atoms with Gasteiger partial charge in [-0.1, -0.05) is 56.9 Å². The molecule has 0 saturated carbocycles. The van der Waals surface area contributed by atoms with Gasteiger partial charge in [-0.15, -0.1) is 0 Å². The lowest BCUT2D eigenvalue weighted by molar-refractivity contribution is 1.15. The van der Waals surface area contributed by atoms with E-state index in [2.05, 4.69) is 42.7 Å². The highest BCUT2D eigenvalue weighted by atomic mass is 14.8. The van der Waals surface area contributed by atoms with Gasteiger partial charge in [0, 0.05) is 12.7 Å². The van der Waals surface area contributed by atoms with E-state index in [1.165, 1.54) is 11.1 Å². The van der Waals surface area contributed by atoms with E-state index in [0.717, 1.165) is 17.7 Å². The Balaban J connectivity index is 0.00000137. The van der Waals surface area contributed by atoms with Crippen LogP contribution in [0.4, 0.5) is 5.69 Å². The van der Waals surface area contributed by atoms with E-state index in [1.54, 1.807) is 0 Å². The fourth-order valence-corrected chi connectivity index (χ4v) is 1.50. The summed E-state index contributed by atoms with van der Waals surface area (Å²) in [6, 6.07) is 8.43. The molecule has 0 heterocycles. The standard InChI is InChI=1S/C15H19N.C2H6/c1-5-6-14(12(2)3)11-13-7-9-15(16-4)10-8-13;1-2/h5-10,16H,1-2,11H2,3-4H3;1-2H3/b14-6-;. The predicted molar refractivity (Wildman–Crippen MR) is 84.1 cm³/mol. The summed E-state index contributed by atoms with van der Waals surface area (Å²) in [6.07, 6.45) is 4.74. The molecular formula is C17H25N. The van der Waals surface area contributed by atoms with Crippen molar-refractivity contribution in [3.05, 3.63) is 66.3 Å². The maximum atomic E-state index is 3.98. The van der Waals surface area contributed by atoms with Crippen molar-refractivity contribution < 1.29 is 0 Å². The minimum atomic E-state index is 0.908. The zero-order valence-electron chi connectivity index (χ0n) is 12.1. The number of hydrogen-bond acceptors (Lipinski definition) is 1. The summed E-state index contributed by atoms with van der Waals surface area (Å²) < 4.78 is 0. The molecule has 18 heavy (non-hydrogen) atoms. The second kappa shape index (κ2) is 9.29. The van der Waals surface area contributed by atoms with Gasteiger partial charge in [0.05, 0.1) is 0 Å². The third-order valence-corrected chi connectivity index (χ3v) is 2.50. The summed E-state index contributed by atoms with van der Waals surface area (Å²) in [4.78, 5) is 0. The molecule has 0 radical (unpaired) electrons. The molecule has 0 aliphatic carbocycles. The Morgan fingerprint density at radius 2 is 1.78 bits per heavy atom. The van der Waals surface area contributed by atoms with Crippen molar-refractivity contribution in [2.45, 2.75) is 27.2 Å². The molecule has 0 unspecified atom stereocenters. The van der Waals surface area contributed by atoms with E-state index in [9.17, 15) is 0 Å². The maximum absolute atomic E-state index is 3.98. The largest absolute Gasteiger partial charge is 0.388 e. The third-order valence-electron chi connectivity index (χ3n) is 2.50. The van der Waals surface area contributed by atoms with Crippen LogP contribution < -0.4 is 5.32 Å². The molecule has 0 fully saturated rings. The Labute approximate surface area is 112 Å². The van der Waals surface area contributed by atoms with Crippen molar-refractivity contribution in [3.8, 4) is 0 Å². The van der Waals surface area contributed by atoms with Crippen molar-refractivity contribution in [3.63, 3.8) is 0 Å².